The number of hydrogen-bond donors (Lipinski definition) is 2. The van der Waals surface area contributed by atoms with Crippen molar-refractivity contribution in [2.75, 3.05) is 13.1 Å². The zero-order chi connectivity index (χ0) is 18.0. The predicted octanol–water partition coefficient (Wildman–Crippen LogP) is 2.37. The molecule has 1 aliphatic heterocycles. The van der Waals surface area contributed by atoms with E-state index in [2.05, 4.69) is 5.32 Å². The lowest BCUT2D eigenvalue weighted by molar-refractivity contribution is -0.121. The Hall–Kier alpha value is -2.96. The van der Waals surface area contributed by atoms with Crippen molar-refractivity contribution in [3.05, 3.63) is 65.2 Å². The Labute approximate surface area is 142 Å². The molecule has 2 aromatic carbocycles. The number of nitrogens with zero attached hydrogens (tertiary/aromatic N) is 1. The normalized spacial score (nSPS) is 17.8. The lowest BCUT2D eigenvalue weighted by Crippen LogP contribution is -2.36. The Kier molecular flexibility index (Phi) is 4.65. The number of aromatic hydroxyl groups is 1. The molecule has 7 heteroatoms. The number of carbonyl (C=O) groups excluding carboxylic acids is 2. The second kappa shape index (κ2) is 6.88. The molecule has 2 amide bonds. The molecule has 0 spiro atoms. The quantitative estimate of drug-likeness (QED) is 0.877. The summed E-state index contributed by atoms with van der Waals surface area (Å²) in [4.78, 5) is 26.2. The number of carbonyl (C=O) groups is 2. The lowest BCUT2D eigenvalue weighted by atomic mass is 10.0. The van der Waals surface area contributed by atoms with Gasteiger partial charge in [0.2, 0.25) is 5.91 Å². The van der Waals surface area contributed by atoms with Gasteiger partial charge in [-0.15, -0.1) is 0 Å². The molecule has 5 nitrogen and oxygen atoms in total. The van der Waals surface area contributed by atoms with E-state index >= 15 is 0 Å². The number of amides is 2. The van der Waals surface area contributed by atoms with Crippen molar-refractivity contribution in [1.29, 1.82) is 0 Å². The van der Waals surface area contributed by atoms with Gasteiger partial charge in [0, 0.05) is 18.7 Å². The SMILES string of the molecule is O=C1CC(c2ccccc2)N(C(=O)c2cc(F)c(O)c(F)c2)CCN1. The Morgan fingerprint density at radius 1 is 1.16 bits per heavy atom. The summed E-state index contributed by atoms with van der Waals surface area (Å²) in [6, 6.07) is 10.0. The highest BCUT2D eigenvalue weighted by molar-refractivity contribution is 5.95. The fourth-order valence-corrected chi connectivity index (χ4v) is 2.90. The fourth-order valence-electron chi connectivity index (χ4n) is 2.90. The molecule has 130 valence electrons. The zero-order valence-corrected chi connectivity index (χ0v) is 13.2. The largest absolute Gasteiger partial charge is 0.503 e. The van der Waals surface area contributed by atoms with Gasteiger partial charge >= 0.3 is 0 Å². The zero-order valence-electron chi connectivity index (χ0n) is 13.2. The summed E-state index contributed by atoms with van der Waals surface area (Å²) in [5, 5.41) is 11.9. The van der Waals surface area contributed by atoms with Crippen molar-refractivity contribution in [2.45, 2.75) is 12.5 Å². The van der Waals surface area contributed by atoms with Gasteiger partial charge in [-0.25, -0.2) is 8.78 Å². The molecule has 1 fully saturated rings. The van der Waals surface area contributed by atoms with Crippen LogP contribution in [0.4, 0.5) is 8.78 Å². The minimum Gasteiger partial charge on any atom is -0.503 e. The van der Waals surface area contributed by atoms with Crippen LogP contribution in [-0.2, 0) is 4.79 Å². The van der Waals surface area contributed by atoms with Gasteiger partial charge in [-0.3, -0.25) is 9.59 Å². The molecule has 3 rings (SSSR count). The summed E-state index contributed by atoms with van der Waals surface area (Å²) in [6.45, 7) is 0.450. The van der Waals surface area contributed by atoms with Crippen LogP contribution < -0.4 is 5.32 Å². The number of hydrogen-bond acceptors (Lipinski definition) is 3. The van der Waals surface area contributed by atoms with E-state index in [1.807, 2.05) is 6.07 Å². The molecular formula is C18H16F2N2O3. The molecule has 0 radical (unpaired) electrons. The number of phenols is 1. The van der Waals surface area contributed by atoms with E-state index in [-0.39, 0.29) is 31.0 Å². The Morgan fingerprint density at radius 2 is 1.80 bits per heavy atom. The van der Waals surface area contributed by atoms with E-state index in [0.29, 0.717) is 0 Å². The third kappa shape index (κ3) is 3.45. The molecule has 1 atom stereocenters. The summed E-state index contributed by atoms with van der Waals surface area (Å²) < 4.78 is 27.2. The monoisotopic (exact) mass is 346 g/mol. The van der Waals surface area contributed by atoms with Crippen LogP contribution in [0.5, 0.6) is 5.75 Å². The summed E-state index contributed by atoms with van der Waals surface area (Å²) in [6.07, 6.45) is 0.0544. The van der Waals surface area contributed by atoms with E-state index in [4.69, 9.17) is 0 Å². The summed E-state index contributed by atoms with van der Waals surface area (Å²) in [5.74, 6) is -4.34. The van der Waals surface area contributed by atoms with Gasteiger partial charge in [-0.1, -0.05) is 30.3 Å². The molecule has 25 heavy (non-hydrogen) atoms. The number of nitrogens with one attached hydrogen (secondary N) is 1. The van der Waals surface area contributed by atoms with Gasteiger partial charge in [0.25, 0.3) is 5.91 Å². The summed E-state index contributed by atoms with van der Waals surface area (Å²) in [7, 11) is 0. The van der Waals surface area contributed by atoms with Crippen LogP contribution in [-0.4, -0.2) is 34.9 Å². The Morgan fingerprint density at radius 3 is 2.44 bits per heavy atom. The highest BCUT2D eigenvalue weighted by atomic mass is 19.1. The van der Waals surface area contributed by atoms with Crippen LogP contribution in [0.15, 0.2) is 42.5 Å². The molecule has 0 bridgehead atoms. The molecule has 2 N–H and O–H groups in total. The van der Waals surface area contributed by atoms with Gasteiger partial charge in [-0.05, 0) is 17.7 Å². The molecule has 0 aliphatic carbocycles. The lowest BCUT2D eigenvalue weighted by Gasteiger charge is -2.29. The van der Waals surface area contributed by atoms with Gasteiger partial charge in [0.15, 0.2) is 17.4 Å². The maximum Gasteiger partial charge on any atom is 0.254 e. The van der Waals surface area contributed by atoms with E-state index in [1.165, 1.54) is 4.90 Å². The molecule has 1 heterocycles. The number of benzene rings is 2. The minimum atomic E-state index is -1.20. The van der Waals surface area contributed by atoms with Crippen LogP contribution in [0.1, 0.15) is 28.4 Å². The van der Waals surface area contributed by atoms with Gasteiger partial charge in [0.05, 0.1) is 12.5 Å². The van der Waals surface area contributed by atoms with Crippen molar-refractivity contribution in [1.82, 2.24) is 10.2 Å². The molecule has 0 saturated carbocycles. The topological polar surface area (TPSA) is 69.6 Å². The van der Waals surface area contributed by atoms with Crippen molar-refractivity contribution in [2.24, 2.45) is 0 Å². The molecule has 1 saturated heterocycles. The van der Waals surface area contributed by atoms with Crippen LogP contribution in [0.3, 0.4) is 0 Å². The summed E-state index contributed by atoms with van der Waals surface area (Å²) in [5.41, 5.74) is 0.538. The average molecular weight is 346 g/mol. The second-order valence-electron chi connectivity index (χ2n) is 5.77. The Balaban J connectivity index is 1.99. The molecule has 1 aliphatic rings. The summed E-state index contributed by atoms with van der Waals surface area (Å²) >= 11 is 0. The minimum absolute atomic E-state index is 0.0544. The number of phenolic OH excluding ortho intramolecular Hbond substituents is 1. The van der Waals surface area contributed by atoms with Crippen molar-refractivity contribution in [3.8, 4) is 5.75 Å². The highest BCUT2D eigenvalue weighted by Crippen LogP contribution is 2.29. The molecule has 2 aromatic rings. The first-order valence-corrected chi connectivity index (χ1v) is 7.78. The molecular weight excluding hydrogens is 330 g/mol. The maximum absolute atomic E-state index is 13.6. The third-order valence-electron chi connectivity index (χ3n) is 4.14. The smallest absolute Gasteiger partial charge is 0.254 e. The van der Waals surface area contributed by atoms with E-state index < -0.39 is 29.3 Å². The molecule has 1 unspecified atom stereocenters. The molecule has 0 aromatic heterocycles. The first-order valence-electron chi connectivity index (χ1n) is 7.78. The van der Waals surface area contributed by atoms with Gasteiger partial charge < -0.3 is 15.3 Å². The van der Waals surface area contributed by atoms with Crippen LogP contribution in [0.25, 0.3) is 0 Å². The van der Waals surface area contributed by atoms with E-state index in [9.17, 15) is 23.5 Å². The highest BCUT2D eigenvalue weighted by Gasteiger charge is 2.31. The van der Waals surface area contributed by atoms with Crippen molar-refractivity contribution >= 4 is 11.8 Å². The van der Waals surface area contributed by atoms with Crippen LogP contribution >= 0.6 is 0 Å². The van der Waals surface area contributed by atoms with E-state index in [1.54, 1.807) is 24.3 Å². The number of halogens is 2. The van der Waals surface area contributed by atoms with Crippen molar-refractivity contribution in [3.63, 3.8) is 0 Å². The van der Waals surface area contributed by atoms with Crippen LogP contribution in [0, 0.1) is 11.6 Å². The van der Waals surface area contributed by atoms with Crippen molar-refractivity contribution < 1.29 is 23.5 Å². The maximum atomic E-state index is 13.6. The number of rotatable bonds is 2. The average Bonchev–Trinajstić information content (AvgIpc) is 2.81. The van der Waals surface area contributed by atoms with Gasteiger partial charge in [-0.2, -0.15) is 0 Å². The van der Waals surface area contributed by atoms with Crippen LogP contribution in [0.2, 0.25) is 0 Å². The third-order valence-corrected chi connectivity index (χ3v) is 4.14. The second-order valence-corrected chi connectivity index (χ2v) is 5.77. The fraction of sp³-hybridized carbons (Fsp3) is 0.222. The predicted molar refractivity (Wildman–Crippen MR) is 85.9 cm³/mol. The standard InChI is InChI=1S/C18H16F2N2O3/c19-13-8-12(9-14(20)17(13)24)18(25)22-7-6-21-16(23)10-15(22)11-4-2-1-3-5-11/h1-5,8-9,15,24H,6-7,10H2,(H,21,23). The van der Waals surface area contributed by atoms with Gasteiger partial charge in [0.1, 0.15) is 0 Å². The first kappa shape index (κ1) is 16.9. The van der Waals surface area contributed by atoms with E-state index in [0.717, 1.165) is 17.7 Å². The Bertz CT molecular complexity index is 788. The first-order chi connectivity index (χ1) is 12.0.